The molecule has 3 rings (SSSR count). The zero-order chi connectivity index (χ0) is 13.1. The summed E-state index contributed by atoms with van der Waals surface area (Å²) in [6.07, 6.45) is 0.982. The summed E-state index contributed by atoms with van der Waals surface area (Å²) in [6, 6.07) is 23.7. The highest BCUT2D eigenvalue weighted by molar-refractivity contribution is 5.83. The Hall–Kier alpha value is -2.12. The molecule has 0 aliphatic rings. The van der Waals surface area contributed by atoms with Crippen molar-refractivity contribution in [2.45, 2.75) is 13.0 Å². The summed E-state index contributed by atoms with van der Waals surface area (Å²) in [5.41, 5.74) is 9.55. The van der Waals surface area contributed by atoms with Gasteiger partial charge in [0.25, 0.3) is 0 Å². The molecule has 2 N–H and O–H groups in total. The molecule has 19 heavy (non-hydrogen) atoms. The van der Waals surface area contributed by atoms with Crippen LogP contribution in [0.15, 0.2) is 66.7 Å². The van der Waals surface area contributed by atoms with E-state index in [1.54, 1.807) is 0 Å². The van der Waals surface area contributed by atoms with E-state index in [1.807, 2.05) is 0 Å². The fourth-order valence-corrected chi connectivity index (χ4v) is 2.41. The lowest BCUT2D eigenvalue weighted by Gasteiger charge is -2.06. The largest absolute Gasteiger partial charge is 0.326 e. The minimum atomic E-state index is 0.599. The lowest BCUT2D eigenvalue weighted by molar-refractivity contribution is 1.08. The summed E-state index contributed by atoms with van der Waals surface area (Å²) in [7, 11) is 0. The van der Waals surface area contributed by atoms with Gasteiger partial charge < -0.3 is 5.73 Å². The minimum Gasteiger partial charge on any atom is -0.326 e. The second-order valence-corrected chi connectivity index (χ2v) is 4.88. The average molecular weight is 247 g/mol. The van der Waals surface area contributed by atoms with E-state index in [0.717, 1.165) is 6.42 Å². The van der Waals surface area contributed by atoms with Gasteiger partial charge in [0.05, 0.1) is 0 Å². The van der Waals surface area contributed by atoms with Gasteiger partial charge in [-0.2, -0.15) is 0 Å². The monoisotopic (exact) mass is 247 g/mol. The lowest BCUT2D eigenvalue weighted by Crippen LogP contribution is -1.95. The molecule has 0 radical (unpaired) electrons. The first-order valence-electron chi connectivity index (χ1n) is 6.61. The summed E-state index contributed by atoms with van der Waals surface area (Å²) < 4.78 is 0. The van der Waals surface area contributed by atoms with Gasteiger partial charge in [0.15, 0.2) is 0 Å². The summed E-state index contributed by atoms with van der Waals surface area (Å²) in [4.78, 5) is 0. The van der Waals surface area contributed by atoms with Crippen molar-refractivity contribution in [3.63, 3.8) is 0 Å². The van der Waals surface area contributed by atoms with Gasteiger partial charge in [0.2, 0.25) is 0 Å². The van der Waals surface area contributed by atoms with E-state index in [9.17, 15) is 0 Å². The normalized spacial score (nSPS) is 10.8. The Morgan fingerprint density at radius 1 is 0.632 bits per heavy atom. The molecule has 3 aromatic rings. The standard InChI is InChI=1S/C18H17N/c19-13-16-7-9-17-11-15(6-8-18(17)12-16)10-14-4-2-1-3-5-14/h1-9,11-12H,10,13,19H2. The van der Waals surface area contributed by atoms with E-state index in [0.29, 0.717) is 6.54 Å². The molecule has 0 amide bonds. The van der Waals surface area contributed by atoms with Crippen LogP contribution in [0.4, 0.5) is 0 Å². The Bertz CT molecular complexity index is 686. The fraction of sp³-hybridized carbons (Fsp3) is 0.111. The van der Waals surface area contributed by atoms with E-state index in [-0.39, 0.29) is 0 Å². The quantitative estimate of drug-likeness (QED) is 0.746. The molecule has 0 unspecified atom stereocenters. The minimum absolute atomic E-state index is 0.599. The van der Waals surface area contributed by atoms with Gasteiger partial charge in [0, 0.05) is 6.54 Å². The van der Waals surface area contributed by atoms with Gasteiger partial charge in [-0.25, -0.2) is 0 Å². The Morgan fingerprint density at radius 2 is 1.26 bits per heavy atom. The first-order chi connectivity index (χ1) is 9.35. The number of rotatable bonds is 3. The van der Waals surface area contributed by atoms with Gasteiger partial charge in [-0.1, -0.05) is 60.7 Å². The number of benzene rings is 3. The van der Waals surface area contributed by atoms with Crippen LogP contribution in [0, 0.1) is 0 Å². The number of hydrogen-bond donors (Lipinski definition) is 1. The molecule has 0 heterocycles. The molecule has 1 nitrogen and oxygen atoms in total. The van der Waals surface area contributed by atoms with Crippen LogP contribution in [0.2, 0.25) is 0 Å². The molecule has 0 fully saturated rings. The van der Waals surface area contributed by atoms with E-state index < -0.39 is 0 Å². The maximum atomic E-state index is 5.67. The highest BCUT2D eigenvalue weighted by Gasteiger charge is 1.99. The van der Waals surface area contributed by atoms with Crippen molar-refractivity contribution >= 4 is 10.8 Å². The molecular weight excluding hydrogens is 230 g/mol. The summed E-state index contributed by atoms with van der Waals surface area (Å²) in [5.74, 6) is 0. The second kappa shape index (κ2) is 5.25. The Labute approximate surface area is 113 Å². The molecule has 0 aromatic heterocycles. The average Bonchev–Trinajstić information content (AvgIpc) is 2.48. The van der Waals surface area contributed by atoms with Crippen molar-refractivity contribution in [1.82, 2.24) is 0 Å². The molecule has 94 valence electrons. The molecule has 0 bridgehead atoms. The van der Waals surface area contributed by atoms with Crippen LogP contribution in [0.25, 0.3) is 10.8 Å². The van der Waals surface area contributed by atoms with Crippen LogP contribution in [0.5, 0.6) is 0 Å². The first kappa shape index (κ1) is 11.9. The topological polar surface area (TPSA) is 26.0 Å². The van der Waals surface area contributed by atoms with Gasteiger partial charge in [0.1, 0.15) is 0 Å². The first-order valence-corrected chi connectivity index (χ1v) is 6.61. The van der Waals surface area contributed by atoms with Gasteiger partial charge >= 0.3 is 0 Å². The summed E-state index contributed by atoms with van der Waals surface area (Å²) in [6.45, 7) is 0.599. The highest BCUT2D eigenvalue weighted by Crippen LogP contribution is 2.19. The van der Waals surface area contributed by atoms with E-state index in [2.05, 4.69) is 66.7 Å². The summed E-state index contributed by atoms with van der Waals surface area (Å²) >= 11 is 0. The number of fused-ring (bicyclic) bond motifs is 1. The molecule has 0 saturated heterocycles. The van der Waals surface area contributed by atoms with Crippen molar-refractivity contribution in [3.8, 4) is 0 Å². The van der Waals surface area contributed by atoms with Crippen molar-refractivity contribution in [2.75, 3.05) is 0 Å². The number of hydrogen-bond acceptors (Lipinski definition) is 1. The third kappa shape index (κ3) is 2.67. The molecule has 0 spiro atoms. The van der Waals surface area contributed by atoms with Crippen LogP contribution < -0.4 is 5.73 Å². The maximum absolute atomic E-state index is 5.67. The van der Waals surface area contributed by atoms with Gasteiger partial charge in [-0.3, -0.25) is 0 Å². The van der Waals surface area contributed by atoms with Gasteiger partial charge in [-0.05, 0) is 39.9 Å². The third-order valence-corrected chi connectivity index (χ3v) is 3.46. The van der Waals surface area contributed by atoms with Crippen molar-refractivity contribution in [2.24, 2.45) is 5.73 Å². The maximum Gasteiger partial charge on any atom is 0.0178 e. The molecule has 3 aromatic carbocycles. The lowest BCUT2D eigenvalue weighted by atomic mass is 10.00. The predicted molar refractivity (Wildman–Crippen MR) is 81.1 cm³/mol. The molecule has 0 aliphatic heterocycles. The second-order valence-electron chi connectivity index (χ2n) is 4.88. The number of nitrogens with two attached hydrogens (primary N) is 1. The molecule has 0 atom stereocenters. The SMILES string of the molecule is NCc1ccc2cc(Cc3ccccc3)ccc2c1. The van der Waals surface area contributed by atoms with E-state index >= 15 is 0 Å². The zero-order valence-electron chi connectivity index (χ0n) is 10.8. The van der Waals surface area contributed by atoms with Crippen molar-refractivity contribution in [3.05, 3.63) is 83.4 Å². The van der Waals surface area contributed by atoms with E-state index in [4.69, 9.17) is 5.73 Å². The zero-order valence-corrected chi connectivity index (χ0v) is 10.8. The Morgan fingerprint density at radius 3 is 1.95 bits per heavy atom. The molecule has 1 heteroatoms. The Kier molecular flexibility index (Phi) is 3.30. The molecule has 0 aliphatic carbocycles. The van der Waals surface area contributed by atoms with Crippen LogP contribution in [-0.4, -0.2) is 0 Å². The highest BCUT2D eigenvalue weighted by atomic mass is 14.5. The molecule has 0 saturated carbocycles. The van der Waals surface area contributed by atoms with Crippen molar-refractivity contribution in [1.29, 1.82) is 0 Å². The van der Waals surface area contributed by atoms with Crippen LogP contribution >= 0.6 is 0 Å². The smallest absolute Gasteiger partial charge is 0.0178 e. The van der Waals surface area contributed by atoms with Crippen LogP contribution in [-0.2, 0) is 13.0 Å². The van der Waals surface area contributed by atoms with Crippen molar-refractivity contribution < 1.29 is 0 Å². The Balaban J connectivity index is 1.94. The van der Waals surface area contributed by atoms with Crippen LogP contribution in [0.1, 0.15) is 16.7 Å². The van der Waals surface area contributed by atoms with Crippen LogP contribution in [0.3, 0.4) is 0 Å². The summed E-state index contributed by atoms with van der Waals surface area (Å²) in [5, 5.41) is 2.55. The molecular formula is C18H17N. The fourth-order valence-electron chi connectivity index (χ4n) is 2.41. The predicted octanol–water partition coefficient (Wildman–Crippen LogP) is 3.89. The third-order valence-electron chi connectivity index (χ3n) is 3.46. The van der Waals surface area contributed by atoms with E-state index in [1.165, 1.54) is 27.5 Å². The van der Waals surface area contributed by atoms with Gasteiger partial charge in [-0.15, -0.1) is 0 Å².